The molecule has 4 rings (SSSR count). The molecule has 2 aliphatic rings. The van der Waals surface area contributed by atoms with Crippen LogP contribution in [0.1, 0.15) is 35.6 Å². The maximum atomic E-state index is 12.9. The van der Waals surface area contributed by atoms with E-state index >= 15 is 0 Å². The number of nitrogens with one attached hydrogen (secondary N) is 2. The normalized spacial score (nSPS) is 20.4. The van der Waals surface area contributed by atoms with Crippen molar-refractivity contribution >= 4 is 34.9 Å². The van der Waals surface area contributed by atoms with Gasteiger partial charge in [-0.3, -0.25) is 4.79 Å². The lowest BCUT2D eigenvalue weighted by atomic mass is 9.95. The second-order valence-electron chi connectivity index (χ2n) is 6.49. The van der Waals surface area contributed by atoms with Gasteiger partial charge in [-0.25, -0.2) is 4.79 Å². The zero-order chi connectivity index (χ0) is 18.4. The van der Waals surface area contributed by atoms with E-state index in [0.717, 1.165) is 24.0 Å². The Morgan fingerprint density at radius 2 is 2.04 bits per heavy atom. The van der Waals surface area contributed by atoms with Gasteiger partial charge >= 0.3 is 6.03 Å². The van der Waals surface area contributed by atoms with E-state index in [1.54, 1.807) is 17.2 Å². The molecular formula is C18H14Cl2N4O2. The van der Waals surface area contributed by atoms with Crippen LogP contribution < -0.4 is 10.9 Å². The highest BCUT2D eigenvalue weighted by molar-refractivity contribution is 6.42. The summed E-state index contributed by atoms with van der Waals surface area (Å²) in [5.74, 6) is 0. The van der Waals surface area contributed by atoms with E-state index in [9.17, 15) is 14.9 Å². The van der Waals surface area contributed by atoms with Crippen molar-refractivity contribution in [2.45, 2.75) is 31.3 Å². The minimum absolute atomic E-state index is 0.0302. The van der Waals surface area contributed by atoms with Crippen LogP contribution in [0.3, 0.4) is 0 Å². The van der Waals surface area contributed by atoms with Crippen LogP contribution in [-0.2, 0) is 6.42 Å². The van der Waals surface area contributed by atoms with Crippen molar-refractivity contribution in [3.05, 3.63) is 61.5 Å². The van der Waals surface area contributed by atoms with Crippen LogP contribution in [0.2, 0.25) is 10.0 Å². The maximum Gasteiger partial charge on any atom is 0.322 e. The number of anilines is 1. The molecule has 1 aromatic carbocycles. The minimum Gasteiger partial charge on any atom is -0.329 e. The van der Waals surface area contributed by atoms with Gasteiger partial charge in [0.2, 0.25) is 5.56 Å². The molecule has 1 fully saturated rings. The molecule has 0 saturated carbocycles. The van der Waals surface area contributed by atoms with Crippen molar-refractivity contribution in [3.8, 4) is 6.07 Å². The summed E-state index contributed by atoms with van der Waals surface area (Å²) < 4.78 is 0. The number of aromatic amines is 1. The average Bonchev–Trinajstić information content (AvgIpc) is 2.93. The van der Waals surface area contributed by atoms with Crippen LogP contribution in [0.25, 0.3) is 0 Å². The largest absolute Gasteiger partial charge is 0.329 e. The van der Waals surface area contributed by atoms with Gasteiger partial charge in [0, 0.05) is 18.3 Å². The van der Waals surface area contributed by atoms with Crippen molar-refractivity contribution in [3.63, 3.8) is 0 Å². The first-order valence-electron chi connectivity index (χ1n) is 8.18. The fourth-order valence-corrected chi connectivity index (χ4v) is 4.21. The van der Waals surface area contributed by atoms with Crippen LogP contribution >= 0.6 is 23.2 Å². The first-order chi connectivity index (χ1) is 12.5. The molecule has 2 N–H and O–H groups in total. The molecule has 3 heterocycles. The summed E-state index contributed by atoms with van der Waals surface area (Å²) in [6.07, 6.45) is 4.05. The summed E-state index contributed by atoms with van der Waals surface area (Å²) in [5.41, 5.74) is 2.43. The molecule has 2 bridgehead atoms. The van der Waals surface area contributed by atoms with Crippen LogP contribution in [0.15, 0.2) is 29.2 Å². The lowest BCUT2D eigenvalue weighted by molar-refractivity contribution is 0.179. The molecule has 6 nitrogen and oxygen atoms in total. The predicted octanol–water partition coefficient (Wildman–Crippen LogP) is 3.85. The standard InChI is InChI=1S/C18H14Cl2N4O2/c19-13-4-10(7-21)15(6-14(13)20)23-18(26)24-11-1-2-16(24)12-8-22-17(25)5-9(12)3-11/h4-6,8,11,16H,1-3H2,(H,22,25)(H,23,26)/t11-,16+/m1/s1. The van der Waals surface area contributed by atoms with Gasteiger partial charge in [0.15, 0.2) is 0 Å². The SMILES string of the molecule is N#Cc1cc(Cl)c(Cl)cc1NC(=O)N1[C@@H]2CC[C@H]1c1c[nH]c(=O)cc1C2. The summed E-state index contributed by atoms with van der Waals surface area (Å²) in [5, 5.41) is 12.6. The third-order valence-corrected chi connectivity index (χ3v) is 5.74. The van der Waals surface area contributed by atoms with Crippen molar-refractivity contribution in [1.82, 2.24) is 9.88 Å². The van der Waals surface area contributed by atoms with Crippen molar-refractivity contribution in [2.24, 2.45) is 0 Å². The number of nitriles is 1. The predicted molar refractivity (Wildman–Crippen MR) is 98.6 cm³/mol. The zero-order valence-corrected chi connectivity index (χ0v) is 15.1. The van der Waals surface area contributed by atoms with Crippen molar-refractivity contribution in [2.75, 3.05) is 5.32 Å². The minimum atomic E-state index is -0.288. The van der Waals surface area contributed by atoms with Crippen LogP contribution in [0, 0.1) is 11.3 Å². The van der Waals surface area contributed by atoms with E-state index in [4.69, 9.17) is 23.2 Å². The molecule has 132 valence electrons. The second-order valence-corrected chi connectivity index (χ2v) is 7.30. The molecule has 2 atom stereocenters. The number of pyridine rings is 1. The Balaban J connectivity index is 1.64. The third-order valence-electron chi connectivity index (χ3n) is 5.02. The average molecular weight is 389 g/mol. The number of H-pyrrole nitrogens is 1. The van der Waals surface area contributed by atoms with E-state index in [0.29, 0.717) is 12.1 Å². The van der Waals surface area contributed by atoms with Gasteiger partial charge < -0.3 is 15.2 Å². The number of halogens is 2. The Kier molecular flexibility index (Phi) is 4.14. The highest BCUT2D eigenvalue weighted by Crippen LogP contribution is 2.43. The first-order valence-corrected chi connectivity index (χ1v) is 8.93. The quantitative estimate of drug-likeness (QED) is 0.777. The highest BCUT2D eigenvalue weighted by atomic mass is 35.5. The Morgan fingerprint density at radius 3 is 2.81 bits per heavy atom. The summed E-state index contributed by atoms with van der Waals surface area (Å²) in [7, 11) is 0. The number of nitrogens with zero attached hydrogens (tertiary/aromatic N) is 2. The van der Waals surface area contributed by atoms with Gasteiger partial charge in [-0.05, 0) is 42.5 Å². The van der Waals surface area contributed by atoms with E-state index in [-0.39, 0.29) is 39.3 Å². The lowest BCUT2D eigenvalue weighted by Crippen LogP contribution is -2.44. The smallest absolute Gasteiger partial charge is 0.322 e. The van der Waals surface area contributed by atoms with Gasteiger partial charge in [-0.2, -0.15) is 5.26 Å². The molecular weight excluding hydrogens is 375 g/mol. The second kappa shape index (κ2) is 6.35. The number of hydrogen-bond acceptors (Lipinski definition) is 3. The van der Waals surface area contributed by atoms with Crippen LogP contribution in [-0.4, -0.2) is 22.0 Å². The molecule has 0 unspecified atom stereocenters. The number of carbonyl (C=O) groups is 1. The highest BCUT2D eigenvalue weighted by Gasteiger charge is 2.42. The van der Waals surface area contributed by atoms with E-state index in [1.165, 1.54) is 12.1 Å². The summed E-state index contributed by atoms with van der Waals surface area (Å²) >= 11 is 12.0. The van der Waals surface area contributed by atoms with Gasteiger partial charge in [0.1, 0.15) is 6.07 Å². The molecule has 0 spiro atoms. The third kappa shape index (κ3) is 2.74. The topological polar surface area (TPSA) is 89.0 Å². The molecule has 1 aromatic heterocycles. The Hall–Kier alpha value is -2.49. The molecule has 1 saturated heterocycles. The number of amides is 2. The molecule has 2 aliphatic heterocycles. The number of rotatable bonds is 1. The molecule has 0 aliphatic carbocycles. The number of hydrogen-bond donors (Lipinski definition) is 2. The van der Waals surface area contributed by atoms with Gasteiger partial charge in [0.05, 0.1) is 27.3 Å². The molecule has 8 heteroatoms. The number of fused-ring (bicyclic) bond motifs is 4. The van der Waals surface area contributed by atoms with Crippen molar-refractivity contribution < 1.29 is 4.79 Å². The zero-order valence-electron chi connectivity index (χ0n) is 13.6. The number of benzene rings is 1. The number of aromatic nitrogens is 1. The Bertz CT molecular complexity index is 1010. The van der Waals surface area contributed by atoms with Crippen LogP contribution in [0.4, 0.5) is 10.5 Å². The van der Waals surface area contributed by atoms with Gasteiger partial charge in [-0.15, -0.1) is 0 Å². The van der Waals surface area contributed by atoms with E-state index < -0.39 is 0 Å². The number of urea groups is 1. The van der Waals surface area contributed by atoms with Gasteiger partial charge in [-0.1, -0.05) is 23.2 Å². The summed E-state index contributed by atoms with van der Waals surface area (Å²) in [4.78, 5) is 29.0. The Morgan fingerprint density at radius 1 is 1.27 bits per heavy atom. The van der Waals surface area contributed by atoms with Crippen molar-refractivity contribution in [1.29, 1.82) is 5.26 Å². The monoisotopic (exact) mass is 388 g/mol. The van der Waals surface area contributed by atoms with E-state index in [1.807, 2.05) is 6.07 Å². The van der Waals surface area contributed by atoms with Crippen LogP contribution in [0.5, 0.6) is 0 Å². The lowest BCUT2D eigenvalue weighted by Gasteiger charge is -2.36. The summed E-state index contributed by atoms with van der Waals surface area (Å²) in [6.45, 7) is 0. The molecule has 26 heavy (non-hydrogen) atoms. The van der Waals surface area contributed by atoms with Gasteiger partial charge in [0.25, 0.3) is 0 Å². The fraction of sp³-hybridized carbons (Fsp3) is 0.278. The first kappa shape index (κ1) is 17.0. The molecule has 2 amide bonds. The number of carbonyl (C=O) groups excluding carboxylic acids is 1. The molecule has 0 radical (unpaired) electrons. The van der Waals surface area contributed by atoms with E-state index in [2.05, 4.69) is 10.3 Å². The Labute approximate surface area is 159 Å². The molecule has 2 aromatic rings. The summed E-state index contributed by atoms with van der Waals surface area (Å²) in [6, 6.07) is 6.20. The fourth-order valence-electron chi connectivity index (χ4n) is 3.88. The maximum absolute atomic E-state index is 12.9.